The number of halogens is 1. The molecule has 2 unspecified atom stereocenters. The van der Waals surface area contributed by atoms with E-state index in [1.54, 1.807) is 6.07 Å². The van der Waals surface area contributed by atoms with Gasteiger partial charge >= 0.3 is 0 Å². The van der Waals surface area contributed by atoms with Gasteiger partial charge in [-0.15, -0.1) is 0 Å². The summed E-state index contributed by atoms with van der Waals surface area (Å²) in [4.78, 5) is 0. The van der Waals surface area contributed by atoms with Gasteiger partial charge in [-0.25, -0.2) is 4.39 Å². The van der Waals surface area contributed by atoms with Crippen LogP contribution in [0.25, 0.3) is 0 Å². The van der Waals surface area contributed by atoms with Crippen molar-refractivity contribution in [3.63, 3.8) is 0 Å². The highest BCUT2D eigenvalue weighted by molar-refractivity contribution is 8.06. The van der Waals surface area contributed by atoms with E-state index >= 15 is 0 Å². The lowest BCUT2D eigenvalue weighted by molar-refractivity contribution is 0.177. The van der Waals surface area contributed by atoms with Gasteiger partial charge in [0.05, 0.1) is 13.2 Å². The molecule has 1 aromatic carbocycles. The van der Waals surface area contributed by atoms with Gasteiger partial charge in [0.25, 0.3) is 0 Å². The summed E-state index contributed by atoms with van der Waals surface area (Å²) in [5.41, 5.74) is 0.817. The number of hydrogen-bond acceptors (Lipinski definition) is 4. The molecule has 1 N–H and O–H groups in total. The Hall–Kier alpha value is -0.390. The van der Waals surface area contributed by atoms with E-state index in [2.05, 4.69) is 0 Å². The van der Waals surface area contributed by atoms with Crippen LogP contribution in [0.5, 0.6) is 5.75 Å². The molecule has 1 fully saturated rings. The predicted molar refractivity (Wildman–Crippen MR) is 76.2 cm³/mol. The van der Waals surface area contributed by atoms with Gasteiger partial charge in [0.2, 0.25) is 0 Å². The van der Waals surface area contributed by atoms with Crippen LogP contribution in [0, 0.1) is 5.82 Å². The molecule has 1 aromatic rings. The van der Waals surface area contributed by atoms with Gasteiger partial charge in [0.15, 0.2) is 11.6 Å². The number of ether oxygens (including phenoxy) is 1. The Labute approximate surface area is 115 Å². The first kappa shape index (κ1) is 14.0. The maximum atomic E-state index is 13.5. The summed E-state index contributed by atoms with van der Waals surface area (Å²) in [6.07, 6.45) is 0.0923. The lowest BCUT2D eigenvalue weighted by Crippen LogP contribution is -2.30. The molecule has 5 heteroatoms. The summed E-state index contributed by atoms with van der Waals surface area (Å²) in [7, 11) is 1.45. The van der Waals surface area contributed by atoms with E-state index in [-0.39, 0.29) is 16.8 Å². The summed E-state index contributed by atoms with van der Waals surface area (Å²) in [6, 6.07) is 4.87. The lowest BCUT2D eigenvalue weighted by atomic mass is 10.1. The quantitative estimate of drug-likeness (QED) is 0.922. The fourth-order valence-electron chi connectivity index (χ4n) is 1.94. The Morgan fingerprint density at radius 2 is 2.33 bits per heavy atom. The Kier molecular flexibility index (Phi) is 5.21. The van der Waals surface area contributed by atoms with Crippen LogP contribution in [0.1, 0.15) is 5.56 Å². The number of hydrogen-bond donors (Lipinski definition) is 1. The fourth-order valence-corrected chi connectivity index (χ4v) is 4.71. The van der Waals surface area contributed by atoms with Gasteiger partial charge in [-0.05, 0) is 24.1 Å². The van der Waals surface area contributed by atoms with Crippen molar-refractivity contribution in [1.29, 1.82) is 0 Å². The highest BCUT2D eigenvalue weighted by atomic mass is 32.2. The molecule has 0 aliphatic carbocycles. The van der Waals surface area contributed by atoms with Crippen molar-refractivity contribution < 1.29 is 14.2 Å². The van der Waals surface area contributed by atoms with Gasteiger partial charge in [0, 0.05) is 22.5 Å². The highest BCUT2D eigenvalue weighted by Crippen LogP contribution is 2.28. The van der Waals surface area contributed by atoms with Crippen LogP contribution in [-0.4, -0.2) is 40.8 Å². The second-order valence-electron chi connectivity index (χ2n) is 4.22. The first-order valence-electron chi connectivity index (χ1n) is 5.90. The summed E-state index contributed by atoms with van der Waals surface area (Å²) < 4.78 is 18.4. The molecule has 0 saturated carbocycles. The largest absolute Gasteiger partial charge is 0.494 e. The highest BCUT2D eigenvalue weighted by Gasteiger charge is 2.23. The maximum absolute atomic E-state index is 13.5. The summed E-state index contributed by atoms with van der Waals surface area (Å²) in [6.45, 7) is 0. The van der Waals surface area contributed by atoms with E-state index in [1.807, 2.05) is 29.6 Å². The Morgan fingerprint density at radius 1 is 1.50 bits per heavy atom. The molecule has 0 spiro atoms. The number of aliphatic hydroxyl groups is 1. The van der Waals surface area contributed by atoms with Gasteiger partial charge in [0.1, 0.15) is 0 Å². The topological polar surface area (TPSA) is 29.5 Å². The van der Waals surface area contributed by atoms with Crippen LogP contribution in [0.2, 0.25) is 0 Å². The van der Waals surface area contributed by atoms with Gasteiger partial charge < -0.3 is 9.84 Å². The van der Waals surface area contributed by atoms with Crippen molar-refractivity contribution in [2.45, 2.75) is 17.8 Å². The minimum atomic E-state index is -0.407. The summed E-state index contributed by atoms with van der Waals surface area (Å²) in [5.74, 6) is 3.10. The molecule has 2 nitrogen and oxygen atoms in total. The average molecular weight is 288 g/mol. The summed E-state index contributed by atoms with van der Waals surface area (Å²) in [5, 5.41) is 10.4. The van der Waals surface area contributed by atoms with E-state index in [1.165, 1.54) is 13.2 Å². The van der Waals surface area contributed by atoms with E-state index in [9.17, 15) is 9.50 Å². The molecule has 0 amide bonds. The molecule has 1 aliphatic heterocycles. The molecule has 0 bridgehead atoms. The Morgan fingerprint density at radius 3 is 2.94 bits per heavy atom. The number of rotatable bonds is 4. The van der Waals surface area contributed by atoms with E-state index in [0.717, 1.165) is 22.8 Å². The first-order valence-corrected chi connectivity index (χ1v) is 8.11. The van der Waals surface area contributed by atoms with E-state index in [0.29, 0.717) is 6.42 Å². The maximum Gasteiger partial charge on any atom is 0.165 e. The zero-order valence-electron chi connectivity index (χ0n) is 10.3. The molecule has 0 radical (unpaired) electrons. The van der Waals surface area contributed by atoms with E-state index in [4.69, 9.17) is 4.74 Å². The normalized spacial score (nSPS) is 21.6. The van der Waals surface area contributed by atoms with Crippen molar-refractivity contribution in [2.24, 2.45) is 0 Å². The fraction of sp³-hybridized carbons (Fsp3) is 0.538. The molecule has 2 rings (SSSR count). The third-order valence-electron chi connectivity index (χ3n) is 2.93. The Balaban J connectivity index is 1.97. The first-order chi connectivity index (χ1) is 8.70. The third kappa shape index (κ3) is 3.56. The molecule has 18 heavy (non-hydrogen) atoms. The second-order valence-corrected chi connectivity index (χ2v) is 6.72. The Bertz CT molecular complexity index is 395. The van der Waals surface area contributed by atoms with E-state index < -0.39 is 6.10 Å². The second kappa shape index (κ2) is 6.68. The smallest absolute Gasteiger partial charge is 0.165 e. The zero-order chi connectivity index (χ0) is 13.0. The number of thioether (sulfide) groups is 2. The summed E-state index contributed by atoms with van der Waals surface area (Å²) >= 11 is 3.69. The van der Waals surface area contributed by atoms with Crippen LogP contribution in [0.3, 0.4) is 0 Å². The minimum Gasteiger partial charge on any atom is -0.494 e. The number of benzene rings is 1. The average Bonchev–Trinajstić information content (AvgIpc) is 2.40. The molecular weight excluding hydrogens is 271 g/mol. The van der Waals surface area contributed by atoms with Crippen LogP contribution in [0.15, 0.2) is 18.2 Å². The molecule has 1 heterocycles. The van der Waals surface area contributed by atoms with Gasteiger partial charge in [-0.2, -0.15) is 23.5 Å². The standard InChI is InChI=1S/C13H17FO2S2/c1-16-12-3-2-9(6-10(12)14)7-11(15)13-8-17-4-5-18-13/h2-3,6,11,13,15H,4-5,7-8H2,1H3. The monoisotopic (exact) mass is 288 g/mol. The van der Waals surface area contributed by atoms with Crippen molar-refractivity contribution in [3.8, 4) is 5.75 Å². The third-order valence-corrected chi connectivity index (χ3v) is 5.84. The van der Waals surface area contributed by atoms with Crippen LogP contribution in [-0.2, 0) is 6.42 Å². The SMILES string of the molecule is COc1ccc(CC(O)C2CSCCS2)cc1F. The van der Waals surface area contributed by atoms with Crippen LogP contribution < -0.4 is 4.74 Å². The van der Waals surface area contributed by atoms with Crippen molar-refractivity contribution in [1.82, 2.24) is 0 Å². The molecule has 1 aliphatic rings. The lowest BCUT2D eigenvalue weighted by Gasteiger charge is -2.25. The van der Waals surface area contributed by atoms with Crippen molar-refractivity contribution in [3.05, 3.63) is 29.6 Å². The van der Waals surface area contributed by atoms with Crippen molar-refractivity contribution >= 4 is 23.5 Å². The molecular formula is C13H17FO2S2. The molecule has 100 valence electrons. The molecule has 0 aromatic heterocycles. The minimum absolute atomic E-state index is 0.246. The van der Waals surface area contributed by atoms with Gasteiger partial charge in [-0.1, -0.05) is 6.07 Å². The number of methoxy groups -OCH3 is 1. The van der Waals surface area contributed by atoms with Crippen molar-refractivity contribution in [2.75, 3.05) is 24.4 Å². The van der Waals surface area contributed by atoms with Crippen LogP contribution in [0.4, 0.5) is 4.39 Å². The van der Waals surface area contributed by atoms with Gasteiger partial charge in [-0.3, -0.25) is 0 Å². The zero-order valence-corrected chi connectivity index (χ0v) is 11.9. The molecule has 2 atom stereocenters. The van der Waals surface area contributed by atoms with Crippen LogP contribution >= 0.6 is 23.5 Å². The predicted octanol–water partition coefficient (Wildman–Crippen LogP) is 2.59. The molecule has 1 saturated heterocycles. The number of aliphatic hydroxyl groups excluding tert-OH is 1.